The topological polar surface area (TPSA) is 45.2 Å². The van der Waals surface area contributed by atoms with Crippen LogP contribution in [0, 0.1) is 6.92 Å². The molecule has 6 heteroatoms. The van der Waals surface area contributed by atoms with E-state index < -0.39 is 0 Å². The maximum Gasteiger partial charge on any atom is 0.122 e. The molecule has 1 atom stereocenters. The highest BCUT2D eigenvalue weighted by Crippen LogP contribution is 2.26. The van der Waals surface area contributed by atoms with Gasteiger partial charge in [-0.1, -0.05) is 0 Å². The van der Waals surface area contributed by atoms with E-state index in [1.54, 1.807) is 14.2 Å². The third-order valence-corrected chi connectivity index (χ3v) is 6.11. The van der Waals surface area contributed by atoms with E-state index in [-0.39, 0.29) is 6.61 Å². The maximum atomic E-state index is 9.56. The monoisotopic (exact) mass is 390 g/mol. The van der Waals surface area contributed by atoms with Gasteiger partial charge in [0.25, 0.3) is 0 Å². The van der Waals surface area contributed by atoms with E-state index >= 15 is 0 Å². The Labute approximate surface area is 166 Å². The summed E-state index contributed by atoms with van der Waals surface area (Å²) in [5, 5.41) is 9.56. The molecule has 2 heterocycles. The standard InChI is InChI=1S/C21H30N2O3S/c1-16-4-5-21(27-16)15-22-7-8-23(18(14-22)6-9-24)13-17-10-19(25-2)12-20(11-17)26-3/h4-5,10-12,18,24H,6-9,13-15H2,1-3H3. The van der Waals surface area contributed by atoms with Gasteiger partial charge in [0.1, 0.15) is 11.5 Å². The molecule has 1 aliphatic rings. The number of methoxy groups -OCH3 is 2. The zero-order chi connectivity index (χ0) is 19.2. The van der Waals surface area contributed by atoms with E-state index in [2.05, 4.69) is 41.0 Å². The third kappa shape index (κ3) is 5.45. The van der Waals surface area contributed by atoms with Gasteiger partial charge in [-0.15, -0.1) is 11.3 Å². The van der Waals surface area contributed by atoms with Crippen molar-refractivity contribution in [2.24, 2.45) is 0 Å². The first-order valence-electron chi connectivity index (χ1n) is 9.45. The summed E-state index contributed by atoms with van der Waals surface area (Å²) >= 11 is 1.88. The first-order valence-corrected chi connectivity index (χ1v) is 10.3. The minimum atomic E-state index is 0.217. The van der Waals surface area contributed by atoms with Gasteiger partial charge >= 0.3 is 0 Å². The molecule has 0 saturated carbocycles. The van der Waals surface area contributed by atoms with Gasteiger partial charge < -0.3 is 14.6 Å². The SMILES string of the molecule is COc1cc(CN2CCN(Cc3ccc(C)s3)CC2CCO)cc(OC)c1. The molecule has 0 aliphatic carbocycles. The minimum absolute atomic E-state index is 0.217. The lowest BCUT2D eigenvalue weighted by molar-refractivity contribution is 0.0504. The Hall–Kier alpha value is -1.60. The lowest BCUT2D eigenvalue weighted by atomic mass is 10.1. The van der Waals surface area contributed by atoms with Gasteiger partial charge in [0.15, 0.2) is 0 Å². The zero-order valence-electron chi connectivity index (χ0n) is 16.5. The molecule has 148 valence electrons. The number of benzene rings is 1. The molecule has 1 saturated heterocycles. The molecule has 1 aliphatic heterocycles. The summed E-state index contributed by atoms with van der Waals surface area (Å²) in [4.78, 5) is 7.76. The van der Waals surface area contributed by atoms with Crippen molar-refractivity contribution in [3.8, 4) is 11.5 Å². The third-order valence-electron chi connectivity index (χ3n) is 5.12. The second-order valence-electron chi connectivity index (χ2n) is 7.10. The Bertz CT molecular complexity index is 712. The number of aryl methyl sites for hydroxylation is 1. The number of thiophene rings is 1. The van der Waals surface area contributed by atoms with Gasteiger partial charge in [-0.3, -0.25) is 9.80 Å². The summed E-state index contributed by atoms with van der Waals surface area (Å²) in [5.41, 5.74) is 1.18. The number of aliphatic hydroxyl groups is 1. The fourth-order valence-corrected chi connectivity index (χ4v) is 4.65. The van der Waals surface area contributed by atoms with Crippen LogP contribution < -0.4 is 9.47 Å². The fourth-order valence-electron chi connectivity index (χ4n) is 3.71. The van der Waals surface area contributed by atoms with Gasteiger partial charge in [0, 0.05) is 61.2 Å². The predicted molar refractivity (Wildman–Crippen MR) is 110 cm³/mol. The van der Waals surface area contributed by atoms with Crippen LogP contribution in [0.25, 0.3) is 0 Å². The van der Waals surface area contributed by atoms with Crippen molar-refractivity contribution >= 4 is 11.3 Å². The first-order chi connectivity index (χ1) is 13.1. The van der Waals surface area contributed by atoms with E-state index in [1.807, 2.05) is 17.4 Å². The average Bonchev–Trinajstić information content (AvgIpc) is 3.08. The summed E-state index contributed by atoms with van der Waals surface area (Å²) in [6.07, 6.45) is 0.793. The lowest BCUT2D eigenvalue weighted by Crippen LogP contribution is -2.52. The summed E-state index contributed by atoms with van der Waals surface area (Å²) in [6, 6.07) is 10.8. The second kappa shape index (κ2) is 9.55. The highest BCUT2D eigenvalue weighted by atomic mass is 32.1. The van der Waals surface area contributed by atoms with E-state index in [0.29, 0.717) is 6.04 Å². The number of ether oxygens (including phenoxy) is 2. The van der Waals surface area contributed by atoms with Crippen molar-refractivity contribution in [2.45, 2.75) is 32.5 Å². The summed E-state index contributed by atoms with van der Waals surface area (Å²) in [5.74, 6) is 1.63. The molecule has 5 nitrogen and oxygen atoms in total. The van der Waals surface area contributed by atoms with Gasteiger partial charge in [-0.2, -0.15) is 0 Å². The van der Waals surface area contributed by atoms with Crippen molar-refractivity contribution in [3.05, 3.63) is 45.6 Å². The number of nitrogens with zero attached hydrogens (tertiary/aromatic N) is 2. The van der Waals surface area contributed by atoms with Crippen LogP contribution in [0.4, 0.5) is 0 Å². The molecule has 27 heavy (non-hydrogen) atoms. The van der Waals surface area contributed by atoms with Crippen molar-refractivity contribution < 1.29 is 14.6 Å². The molecule has 3 rings (SSSR count). The van der Waals surface area contributed by atoms with Gasteiger partial charge in [0.05, 0.1) is 14.2 Å². The van der Waals surface area contributed by atoms with Crippen LogP contribution in [0.5, 0.6) is 11.5 Å². The Kier molecular flexibility index (Phi) is 7.13. The smallest absolute Gasteiger partial charge is 0.122 e. The summed E-state index contributed by atoms with van der Waals surface area (Å²) in [6.45, 7) is 7.23. The van der Waals surface area contributed by atoms with Crippen LogP contribution in [0.1, 0.15) is 21.7 Å². The Morgan fingerprint density at radius 3 is 2.41 bits per heavy atom. The van der Waals surface area contributed by atoms with E-state index in [0.717, 1.165) is 50.6 Å². The van der Waals surface area contributed by atoms with Gasteiger partial charge in [-0.05, 0) is 43.2 Å². The second-order valence-corrected chi connectivity index (χ2v) is 8.48. The van der Waals surface area contributed by atoms with Crippen molar-refractivity contribution in [3.63, 3.8) is 0 Å². The molecule has 1 aromatic carbocycles. The molecule has 0 bridgehead atoms. The van der Waals surface area contributed by atoms with Crippen molar-refractivity contribution in [2.75, 3.05) is 40.5 Å². The molecular weight excluding hydrogens is 360 g/mol. The molecule has 1 unspecified atom stereocenters. The molecule has 0 spiro atoms. The highest BCUT2D eigenvalue weighted by Gasteiger charge is 2.27. The van der Waals surface area contributed by atoms with E-state index in [1.165, 1.54) is 15.3 Å². The number of hydrogen-bond acceptors (Lipinski definition) is 6. The highest BCUT2D eigenvalue weighted by molar-refractivity contribution is 7.11. The Morgan fingerprint density at radius 1 is 1.07 bits per heavy atom. The Morgan fingerprint density at radius 2 is 1.81 bits per heavy atom. The summed E-state index contributed by atoms with van der Waals surface area (Å²) in [7, 11) is 3.36. The van der Waals surface area contributed by atoms with Crippen LogP contribution in [-0.4, -0.2) is 61.4 Å². The number of rotatable bonds is 8. The molecule has 1 aromatic heterocycles. The molecule has 0 amide bonds. The molecule has 0 radical (unpaired) electrons. The molecule has 2 aromatic rings. The van der Waals surface area contributed by atoms with Gasteiger partial charge in [-0.25, -0.2) is 0 Å². The Balaban J connectivity index is 1.67. The van der Waals surface area contributed by atoms with Crippen molar-refractivity contribution in [1.82, 2.24) is 9.80 Å². The first kappa shape index (κ1) is 20.1. The van der Waals surface area contributed by atoms with Crippen LogP contribution in [0.3, 0.4) is 0 Å². The van der Waals surface area contributed by atoms with Crippen molar-refractivity contribution in [1.29, 1.82) is 0 Å². The van der Waals surface area contributed by atoms with Gasteiger partial charge in [0.2, 0.25) is 0 Å². The minimum Gasteiger partial charge on any atom is -0.497 e. The molecular formula is C21H30N2O3S. The van der Waals surface area contributed by atoms with E-state index in [9.17, 15) is 5.11 Å². The fraction of sp³-hybridized carbons (Fsp3) is 0.524. The largest absolute Gasteiger partial charge is 0.497 e. The average molecular weight is 391 g/mol. The van der Waals surface area contributed by atoms with Crippen LogP contribution in [0.2, 0.25) is 0 Å². The van der Waals surface area contributed by atoms with E-state index in [4.69, 9.17) is 9.47 Å². The van der Waals surface area contributed by atoms with Crippen LogP contribution >= 0.6 is 11.3 Å². The number of aliphatic hydroxyl groups excluding tert-OH is 1. The number of hydrogen-bond donors (Lipinski definition) is 1. The molecule has 1 N–H and O–H groups in total. The van der Waals surface area contributed by atoms with Crippen LogP contribution in [0.15, 0.2) is 30.3 Å². The lowest BCUT2D eigenvalue weighted by Gasteiger charge is -2.41. The number of piperazine rings is 1. The predicted octanol–water partition coefficient (Wildman–Crippen LogP) is 3.14. The normalized spacial score (nSPS) is 18.6. The quantitative estimate of drug-likeness (QED) is 0.750. The van der Waals surface area contributed by atoms with Crippen LogP contribution in [-0.2, 0) is 13.1 Å². The summed E-state index contributed by atoms with van der Waals surface area (Å²) < 4.78 is 10.8. The zero-order valence-corrected chi connectivity index (χ0v) is 17.3. The molecule has 1 fully saturated rings. The maximum absolute atomic E-state index is 9.56.